The highest BCUT2D eigenvalue weighted by Gasteiger charge is 2.37. The second-order valence-electron chi connectivity index (χ2n) is 7.40. The largest absolute Gasteiger partial charge is 0.338 e. The van der Waals surface area contributed by atoms with Crippen molar-refractivity contribution in [3.05, 3.63) is 29.8 Å². The molecule has 152 valence electrons. The summed E-state index contributed by atoms with van der Waals surface area (Å²) in [5.41, 5.74) is 1.03. The fourth-order valence-corrected chi connectivity index (χ4v) is 5.55. The third-order valence-corrected chi connectivity index (χ3v) is 7.37. The number of aryl methyl sites for hydroxylation is 1. The molecule has 0 saturated carbocycles. The average molecular weight is 416 g/mol. The van der Waals surface area contributed by atoms with Gasteiger partial charge in [-0.15, -0.1) is 12.4 Å². The van der Waals surface area contributed by atoms with Gasteiger partial charge in [-0.3, -0.25) is 4.79 Å². The first-order valence-corrected chi connectivity index (χ1v) is 10.9. The van der Waals surface area contributed by atoms with Crippen molar-refractivity contribution in [1.82, 2.24) is 14.5 Å². The van der Waals surface area contributed by atoms with Crippen LogP contribution in [-0.2, 0) is 14.8 Å². The van der Waals surface area contributed by atoms with Crippen LogP contribution in [0.4, 0.5) is 0 Å². The number of likely N-dealkylation sites (tertiary alicyclic amines) is 1. The van der Waals surface area contributed by atoms with Crippen molar-refractivity contribution in [3.8, 4) is 0 Å². The molecule has 3 rings (SSSR count). The number of rotatable bonds is 5. The molecule has 2 saturated heterocycles. The number of halogens is 1. The topological polar surface area (TPSA) is 69.7 Å². The third kappa shape index (κ3) is 4.83. The first-order chi connectivity index (χ1) is 12.4. The molecule has 27 heavy (non-hydrogen) atoms. The first kappa shape index (κ1) is 22.1. The van der Waals surface area contributed by atoms with E-state index in [9.17, 15) is 13.2 Å². The SMILES string of the molecule is CNCC1CCCN1C(=O)C1CCCN(S(=O)(=O)c2ccc(C)cc2)C1.Cl. The Labute approximate surface area is 168 Å². The van der Waals surface area contributed by atoms with Crippen LogP contribution in [0.1, 0.15) is 31.2 Å². The summed E-state index contributed by atoms with van der Waals surface area (Å²) in [6.07, 6.45) is 3.54. The van der Waals surface area contributed by atoms with Gasteiger partial charge in [0.05, 0.1) is 10.8 Å². The maximum atomic E-state index is 13.0. The highest BCUT2D eigenvalue weighted by atomic mass is 35.5. The Bertz CT molecular complexity index is 739. The van der Waals surface area contributed by atoms with Crippen LogP contribution in [0.25, 0.3) is 0 Å². The zero-order valence-electron chi connectivity index (χ0n) is 16.1. The molecular weight excluding hydrogens is 386 g/mol. The van der Waals surface area contributed by atoms with Crippen molar-refractivity contribution in [1.29, 1.82) is 0 Å². The van der Waals surface area contributed by atoms with E-state index in [0.29, 0.717) is 11.4 Å². The van der Waals surface area contributed by atoms with Gasteiger partial charge in [-0.1, -0.05) is 17.7 Å². The fraction of sp³-hybridized carbons (Fsp3) is 0.632. The highest BCUT2D eigenvalue weighted by Crippen LogP contribution is 2.27. The fourth-order valence-electron chi connectivity index (χ4n) is 4.03. The highest BCUT2D eigenvalue weighted by molar-refractivity contribution is 7.89. The summed E-state index contributed by atoms with van der Waals surface area (Å²) >= 11 is 0. The van der Waals surface area contributed by atoms with E-state index in [0.717, 1.165) is 44.3 Å². The van der Waals surface area contributed by atoms with Gasteiger partial charge in [0.1, 0.15) is 0 Å². The summed E-state index contributed by atoms with van der Waals surface area (Å²) in [7, 11) is -1.64. The summed E-state index contributed by atoms with van der Waals surface area (Å²) < 4.78 is 27.4. The van der Waals surface area contributed by atoms with E-state index in [2.05, 4.69) is 5.32 Å². The van der Waals surface area contributed by atoms with Crippen LogP contribution in [-0.4, -0.2) is 62.8 Å². The standard InChI is InChI=1S/C19H29N3O3S.ClH/c1-15-7-9-18(10-8-15)26(24,25)21-11-3-5-16(14-21)19(23)22-12-4-6-17(22)13-20-2;/h7-10,16-17,20H,3-6,11-14H2,1-2H3;1H. The lowest BCUT2D eigenvalue weighted by molar-refractivity contribution is -0.137. The van der Waals surface area contributed by atoms with Crippen LogP contribution in [0.15, 0.2) is 29.2 Å². The van der Waals surface area contributed by atoms with Gasteiger partial charge in [-0.2, -0.15) is 4.31 Å². The Morgan fingerprint density at radius 3 is 2.48 bits per heavy atom. The van der Waals surface area contributed by atoms with Crippen LogP contribution in [0.2, 0.25) is 0 Å². The molecule has 0 bridgehead atoms. The van der Waals surface area contributed by atoms with Gasteiger partial charge >= 0.3 is 0 Å². The van der Waals surface area contributed by atoms with Crippen molar-refractivity contribution in [2.24, 2.45) is 5.92 Å². The van der Waals surface area contributed by atoms with E-state index in [4.69, 9.17) is 0 Å². The molecule has 0 spiro atoms. The van der Waals surface area contributed by atoms with E-state index in [1.54, 1.807) is 12.1 Å². The number of hydrogen-bond donors (Lipinski definition) is 1. The second-order valence-corrected chi connectivity index (χ2v) is 9.34. The quantitative estimate of drug-likeness (QED) is 0.798. The normalized spacial score (nSPS) is 23.9. The van der Waals surface area contributed by atoms with E-state index in [1.807, 2.05) is 31.0 Å². The van der Waals surface area contributed by atoms with Crippen molar-refractivity contribution in [2.45, 2.75) is 43.5 Å². The van der Waals surface area contributed by atoms with Gasteiger partial charge in [-0.25, -0.2) is 8.42 Å². The summed E-state index contributed by atoms with van der Waals surface area (Å²) in [6, 6.07) is 7.16. The van der Waals surface area contributed by atoms with Gasteiger partial charge < -0.3 is 10.2 Å². The average Bonchev–Trinajstić information content (AvgIpc) is 3.10. The zero-order valence-corrected chi connectivity index (χ0v) is 17.7. The number of hydrogen-bond acceptors (Lipinski definition) is 4. The maximum Gasteiger partial charge on any atom is 0.243 e. The molecule has 2 fully saturated rings. The Kier molecular flexibility index (Phi) is 7.68. The van der Waals surface area contributed by atoms with Crippen molar-refractivity contribution in [3.63, 3.8) is 0 Å². The predicted molar refractivity (Wildman–Crippen MR) is 109 cm³/mol. The lowest BCUT2D eigenvalue weighted by Crippen LogP contribution is -2.49. The number of benzene rings is 1. The molecule has 2 heterocycles. The number of piperidine rings is 1. The number of carbonyl (C=O) groups excluding carboxylic acids is 1. The molecule has 8 heteroatoms. The van der Waals surface area contributed by atoms with Crippen molar-refractivity contribution in [2.75, 3.05) is 33.2 Å². The molecule has 2 unspecified atom stereocenters. The summed E-state index contributed by atoms with van der Waals surface area (Å²) in [6.45, 7) is 4.29. The number of nitrogens with one attached hydrogen (secondary N) is 1. The van der Waals surface area contributed by atoms with Crippen LogP contribution >= 0.6 is 12.4 Å². The Morgan fingerprint density at radius 2 is 1.81 bits per heavy atom. The smallest absolute Gasteiger partial charge is 0.243 e. The van der Waals surface area contributed by atoms with Crippen LogP contribution in [0.5, 0.6) is 0 Å². The number of sulfonamides is 1. The zero-order chi connectivity index (χ0) is 18.7. The monoisotopic (exact) mass is 415 g/mol. The second kappa shape index (κ2) is 9.37. The van der Waals surface area contributed by atoms with Gasteiger partial charge in [0.2, 0.25) is 15.9 Å². The van der Waals surface area contributed by atoms with Crippen molar-refractivity contribution < 1.29 is 13.2 Å². The molecule has 2 atom stereocenters. The van der Waals surface area contributed by atoms with Crippen LogP contribution in [0.3, 0.4) is 0 Å². The Morgan fingerprint density at radius 1 is 1.15 bits per heavy atom. The summed E-state index contributed by atoms with van der Waals surface area (Å²) in [5.74, 6) is -0.118. The Hall–Kier alpha value is -1.15. The van der Waals surface area contributed by atoms with Gasteiger partial charge in [0.25, 0.3) is 0 Å². The van der Waals surface area contributed by atoms with E-state index < -0.39 is 10.0 Å². The molecular formula is C19H30ClN3O3S. The molecule has 1 aromatic carbocycles. The number of carbonyl (C=O) groups is 1. The Balaban J connectivity index is 0.00000261. The van der Waals surface area contributed by atoms with Crippen LogP contribution < -0.4 is 5.32 Å². The molecule has 0 radical (unpaired) electrons. The van der Waals surface area contributed by atoms with Crippen molar-refractivity contribution >= 4 is 28.3 Å². The maximum absolute atomic E-state index is 13.0. The van der Waals surface area contributed by atoms with E-state index >= 15 is 0 Å². The van der Waals surface area contributed by atoms with Gasteiger partial charge in [0.15, 0.2) is 0 Å². The molecule has 0 aromatic heterocycles. The minimum atomic E-state index is -3.54. The van der Waals surface area contributed by atoms with Gasteiger partial charge in [-0.05, 0) is 51.8 Å². The molecule has 2 aliphatic rings. The molecule has 0 aliphatic carbocycles. The minimum Gasteiger partial charge on any atom is -0.338 e. The van der Waals surface area contributed by atoms with E-state index in [1.165, 1.54) is 4.31 Å². The first-order valence-electron chi connectivity index (χ1n) is 9.45. The molecule has 6 nitrogen and oxygen atoms in total. The van der Waals surface area contributed by atoms with Crippen LogP contribution in [0, 0.1) is 12.8 Å². The molecule has 1 N–H and O–H groups in total. The number of nitrogens with zero attached hydrogens (tertiary/aromatic N) is 2. The number of likely N-dealkylation sites (N-methyl/N-ethyl adjacent to an activating group) is 1. The predicted octanol–water partition coefficient (Wildman–Crippen LogP) is 2.03. The number of amides is 1. The lowest BCUT2D eigenvalue weighted by atomic mass is 9.97. The minimum absolute atomic E-state index is 0. The summed E-state index contributed by atoms with van der Waals surface area (Å²) in [4.78, 5) is 15.3. The molecule has 1 amide bonds. The van der Waals surface area contributed by atoms with Gasteiger partial charge in [0, 0.05) is 32.2 Å². The third-order valence-electron chi connectivity index (χ3n) is 5.49. The lowest BCUT2D eigenvalue weighted by Gasteiger charge is -2.35. The molecule has 1 aromatic rings. The van der Waals surface area contributed by atoms with E-state index in [-0.39, 0.29) is 36.8 Å². The summed E-state index contributed by atoms with van der Waals surface area (Å²) in [5, 5.41) is 3.16. The molecule has 2 aliphatic heterocycles.